The Hall–Kier alpha value is -3.55. The highest BCUT2D eigenvalue weighted by molar-refractivity contribution is 6.42. The molecule has 0 radical (unpaired) electrons. The van der Waals surface area contributed by atoms with Gasteiger partial charge in [0.05, 0.1) is 10.0 Å². The number of amides is 4. The van der Waals surface area contributed by atoms with Crippen LogP contribution in [0.2, 0.25) is 10.0 Å². The molecule has 0 fully saturated rings. The van der Waals surface area contributed by atoms with Crippen LogP contribution in [0.5, 0.6) is 0 Å². The van der Waals surface area contributed by atoms with Gasteiger partial charge in [0.1, 0.15) is 12.6 Å². The molecule has 0 saturated carbocycles. The SMILES string of the molecule is Cc1cccc(NC(=O)NC2CC(c3ccc(Cl)c(Cl)c3)c3ccccc3N(CC(=O)NC(C)(C)C)C2=O)c1. The summed E-state index contributed by atoms with van der Waals surface area (Å²) in [6.07, 6.45) is 0.256. The Morgan fingerprint density at radius 1 is 0.974 bits per heavy atom. The molecule has 1 heterocycles. The number of nitrogens with one attached hydrogen (secondary N) is 3. The number of benzene rings is 3. The largest absolute Gasteiger partial charge is 0.350 e. The third-order valence-electron chi connectivity index (χ3n) is 6.38. The molecule has 7 nitrogen and oxygen atoms in total. The Balaban J connectivity index is 1.72. The smallest absolute Gasteiger partial charge is 0.319 e. The van der Waals surface area contributed by atoms with Crippen LogP contribution in [0.25, 0.3) is 0 Å². The van der Waals surface area contributed by atoms with E-state index >= 15 is 0 Å². The minimum absolute atomic E-state index is 0.196. The first-order chi connectivity index (χ1) is 18.4. The van der Waals surface area contributed by atoms with Crippen LogP contribution in [-0.4, -0.2) is 36.0 Å². The van der Waals surface area contributed by atoms with Crippen molar-refractivity contribution in [1.82, 2.24) is 10.6 Å². The Bertz CT molecular complexity index is 1400. The molecular formula is C30H32Cl2N4O3. The summed E-state index contributed by atoms with van der Waals surface area (Å²) in [7, 11) is 0. The van der Waals surface area contributed by atoms with Gasteiger partial charge < -0.3 is 20.9 Å². The molecule has 2 atom stereocenters. The van der Waals surface area contributed by atoms with Gasteiger partial charge in [0.2, 0.25) is 11.8 Å². The summed E-state index contributed by atoms with van der Waals surface area (Å²) >= 11 is 12.6. The van der Waals surface area contributed by atoms with Crippen molar-refractivity contribution in [3.63, 3.8) is 0 Å². The fourth-order valence-electron chi connectivity index (χ4n) is 4.78. The standard InChI is InChI=1S/C30H32Cl2N4O3/c1-18-8-7-9-20(14-18)33-29(39)34-25-16-22(19-12-13-23(31)24(32)15-19)21-10-5-6-11-26(21)36(28(25)38)17-27(37)35-30(2,3)4/h5-15,22,25H,16-17H2,1-4H3,(H,35,37)(H2,33,34,39). The van der Waals surface area contributed by atoms with Crippen LogP contribution in [0.15, 0.2) is 66.7 Å². The maximum atomic E-state index is 14.0. The lowest BCUT2D eigenvalue weighted by molar-refractivity contribution is -0.125. The summed E-state index contributed by atoms with van der Waals surface area (Å²) in [5, 5.41) is 9.41. The highest BCUT2D eigenvalue weighted by Crippen LogP contribution is 2.40. The third kappa shape index (κ3) is 7.11. The molecule has 2 unspecified atom stereocenters. The average Bonchev–Trinajstić information content (AvgIpc) is 2.95. The van der Waals surface area contributed by atoms with E-state index in [-0.39, 0.29) is 30.7 Å². The summed E-state index contributed by atoms with van der Waals surface area (Å²) in [6, 6.07) is 18.8. The first kappa shape index (κ1) is 28.5. The number of para-hydroxylation sites is 1. The third-order valence-corrected chi connectivity index (χ3v) is 7.12. The molecule has 0 aliphatic carbocycles. The second-order valence-corrected chi connectivity index (χ2v) is 11.6. The van der Waals surface area contributed by atoms with Gasteiger partial charge in [-0.3, -0.25) is 9.59 Å². The van der Waals surface area contributed by atoms with Crippen molar-refractivity contribution in [2.24, 2.45) is 0 Å². The van der Waals surface area contributed by atoms with Crippen LogP contribution in [0.1, 0.15) is 49.8 Å². The molecule has 4 amide bonds. The van der Waals surface area contributed by atoms with Crippen molar-refractivity contribution in [1.29, 1.82) is 0 Å². The Morgan fingerprint density at radius 2 is 1.72 bits per heavy atom. The number of nitrogens with zero attached hydrogens (tertiary/aromatic N) is 1. The highest BCUT2D eigenvalue weighted by Gasteiger charge is 2.37. The maximum absolute atomic E-state index is 14.0. The molecule has 3 N–H and O–H groups in total. The van der Waals surface area contributed by atoms with Gasteiger partial charge in [-0.05, 0) is 81.1 Å². The zero-order valence-corrected chi connectivity index (χ0v) is 23.9. The number of aryl methyl sites for hydroxylation is 1. The molecule has 0 spiro atoms. The number of halogens is 2. The molecule has 1 aliphatic rings. The van der Waals surface area contributed by atoms with Crippen molar-refractivity contribution in [3.8, 4) is 0 Å². The van der Waals surface area contributed by atoms with Crippen LogP contribution in [0.4, 0.5) is 16.2 Å². The molecule has 1 aliphatic heterocycles. The van der Waals surface area contributed by atoms with E-state index in [1.165, 1.54) is 4.90 Å². The zero-order valence-electron chi connectivity index (χ0n) is 22.3. The Kier molecular flexibility index (Phi) is 8.52. The van der Waals surface area contributed by atoms with Crippen molar-refractivity contribution in [2.45, 2.75) is 51.6 Å². The first-order valence-corrected chi connectivity index (χ1v) is 13.5. The van der Waals surface area contributed by atoms with Crippen LogP contribution < -0.4 is 20.9 Å². The number of carbonyl (C=O) groups excluding carboxylic acids is 3. The van der Waals surface area contributed by atoms with E-state index in [1.54, 1.807) is 18.2 Å². The molecule has 9 heteroatoms. The van der Waals surface area contributed by atoms with Gasteiger partial charge in [-0.2, -0.15) is 0 Å². The van der Waals surface area contributed by atoms with Crippen molar-refractivity contribution >= 4 is 52.4 Å². The number of hydrogen-bond donors (Lipinski definition) is 3. The first-order valence-electron chi connectivity index (χ1n) is 12.7. The molecule has 204 valence electrons. The van der Waals surface area contributed by atoms with Crippen LogP contribution >= 0.6 is 23.2 Å². The lowest BCUT2D eigenvalue weighted by Gasteiger charge is -2.28. The summed E-state index contributed by atoms with van der Waals surface area (Å²) < 4.78 is 0. The highest BCUT2D eigenvalue weighted by atomic mass is 35.5. The van der Waals surface area contributed by atoms with E-state index in [0.29, 0.717) is 21.4 Å². The van der Waals surface area contributed by atoms with Gasteiger partial charge in [-0.25, -0.2) is 4.79 Å². The normalized spacial score (nSPS) is 17.2. The van der Waals surface area contributed by atoms with E-state index in [1.807, 2.05) is 76.2 Å². The van der Waals surface area contributed by atoms with Crippen LogP contribution in [0, 0.1) is 6.92 Å². The lowest BCUT2D eigenvalue weighted by Crippen LogP contribution is -2.53. The topological polar surface area (TPSA) is 90.5 Å². The Labute approximate surface area is 238 Å². The van der Waals surface area contributed by atoms with E-state index < -0.39 is 17.6 Å². The molecule has 39 heavy (non-hydrogen) atoms. The predicted molar refractivity (Wildman–Crippen MR) is 157 cm³/mol. The van der Waals surface area contributed by atoms with Gasteiger partial charge in [0.15, 0.2) is 0 Å². The lowest BCUT2D eigenvalue weighted by atomic mass is 9.86. The summed E-state index contributed by atoms with van der Waals surface area (Å²) in [5.41, 5.74) is 3.42. The van der Waals surface area contributed by atoms with E-state index in [9.17, 15) is 14.4 Å². The second-order valence-electron chi connectivity index (χ2n) is 10.8. The monoisotopic (exact) mass is 566 g/mol. The van der Waals surface area contributed by atoms with Crippen LogP contribution in [-0.2, 0) is 9.59 Å². The molecule has 4 rings (SSSR count). The number of carbonyl (C=O) groups is 3. The molecular weight excluding hydrogens is 535 g/mol. The maximum Gasteiger partial charge on any atom is 0.319 e. The molecule has 3 aromatic rings. The molecule has 0 bridgehead atoms. The number of hydrogen-bond acceptors (Lipinski definition) is 3. The quantitative estimate of drug-likeness (QED) is 0.339. The fraction of sp³-hybridized carbons (Fsp3) is 0.300. The Morgan fingerprint density at radius 3 is 2.41 bits per heavy atom. The van der Waals surface area contributed by atoms with E-state index in [4.69, 9.17) is 23.2 Å². The summed E-state index contributed by atoms with van der Waals surface area (Å²) in [4.78, 5) is 41.5. The molecule has 3 aromatic carbocycles. The number of urea groups is 1. The van der Waals surface area contributed by atoms with Gasteiger partial charge in [-0.1, -0.05) is 59.6 Å². The minimum atomic E-state index is -0.927. The zero-order chi connectivity index (χ0) is 28.3. The van der Waals surface area contributed by atoms with E-state index in [0.717, 1.165) is 16.7 Å². The molecule has 0 aromatic heterocycles. The second kappa shape index (κ2) is 11.7. The van der Waals surface area contributed by atoms with Gasteiger partial charge in [0.25, 0.3) is 0 Å². The minimum Gasteiger partial charge on any atom is -0.350 e. The summed E-state index contributed by atoms with van der Waals surface area (Å²) in [5.74, 6) is -0.991. The van der Waals surface area contributed by atoms with Crippen molar-refractivity contribution < 1.29 is 14.4 Å². The van der Waals surface area contributed by atoms with E-state index in [2.05, 4.69) is 16.0 Å². The van der Waals surface area contributed by atoms with Gasteiger partial charge in [0, 0.05) is 22.8 Å². The predicted octanol–water partition coefficient (Wildman–Crippen LogP) is 6.28. The fourth-order valence-corrected chi connectivity index (χ4v) is 5.08. The number of anilines is 2. The summed E-state index contributed by atoms with van der Waals surface area (Å²) in [6.45, 7) is 7.37. The van der Waals surface area contributed by atoms with Gasteiger partial charge >= 0.3 is 6.03 Å². The molecule has 0 saturated heterocycles. The van der Waals surface area contributed by atoms with Crippen molar-refractivity contribution in [3.05, 3.63) is 93.5 Å². The number of fused-ring (bicyclic) bond motifs is 1. The van der Waals surface area contributed by atoms with Gasteiger partial charge in [-0.15, -0.1) is 0 Å². The number of rotatable bonds is 5. The van der Waals surface area contributed by atoms with Crippen LogP contribution in [0.3, 0.4) is 0 Å². The average molecular weight is 568 g/mol. The van der Waals surface area contributed by atoms with Crippen molar-refractivity contribution in [2.75, 3.05) is 16.8 Å².